The van der Waals surface area contributed by atoms with E-state index in [0.29, 0.717) is 13.0 Å². The van der Waals surface area contributed by atoms with Gasteiger partial charge in [-0.3, -0.25) is 4.79 Å². The van der Waals surface area contributed by atoms with Crippen LogP contribution in [0.4, 0.5) is 0 Å². The minimum Gasteiger partial charge on any atom is -0.492 e. The Kier molecular flexibility index (Phi) is 5.27. The van der Waals surface area contributed by atoms with Crippen molar-refractivity contribution in [1.82, 2.24) is 4.90 Å². The highest BCUT2D eigenvalue weighted by Gasteiger charge is 2.35. The number of halogens is 1. The molecular weight excluding hydrogens is 332 g/mol. The Morgan fingerprint density at radius 1 is 1.48 bits per heavy atom. The van der Waals surface area contributed by atoms with Crippen molar-refractivity contribution >= 4 is 21.8 Å². The average Bonchev–Trinajstić information content (AvgIpc) is 2.43. The van der Waals surface area contributed by atoms with Crippen LogP contribution in [0.15, 0.2) is 28.7 Å². The quantitative estimate of drug-likeness (QED) is 0.904. The van der Waals surface area contributed by atoms with Gasteiger partial charge in [0, 0.05) is 19.1 Å². The third-order valence-corrected chi connectivity index (χ3v) is 4.73. The number of amides is 1. The zero-order chi connectivity index (χ0) is 15.5. The van der Waals surface area contributed by atoms with Crippen LogP contribution in [0.5, 0.6) is 5.75 Å². The van der Waals surface area contributed by atoms with Gasteiger partial charge in [-0.25, -0.2) is 0 Å². The van der Waals surface area contributed by atoms with Crippen LogP contribution >= 0.6 is 15.9 Å². The maximum Gasteiger partial charge on any atom is 0.226 e. The van der Waals surface area contributed by atoms with E-state index in [2.05, 4.69) is 29.8 Å². The Labute approximate surface area is 134 Å². The van der Waals surface area contributed by atoms with E-state index < -0.39 is 0 Å². The van der Waals surface area contributed by atoms with Gasteiger partial charge in [-0.05, 0) is 39.9 Å². The molecule has 2 rings (SSSR count). The Hall–Kier alpha value is -1.07. The van der Waals surface area contributed by atoms with Crippen molar-refractivity contribution in [2.45, 2.75) is 32.7 Å². The van der Waals surface area contributed by atoms with E-state index in [1.807, 2.05) is 29.2 Å². The zero-order valence-corrected chi connectivity index (χ0v) is 14.2. The first kappa shape index (κ1) is 16.3. The highest BCUT2D eigenvalue weighted by atomic mass is 79.9. The Morgan fingerprint density at radius 3 is 2.86 bits per heavy atom. The van der Waals surface area contributed by atoms with E-state index in [0.717, 1.165) is 29.7 Å². The van der Waals surface area contributed by atoms with Gasteiger partial charge in [-0.1, -0.05) is 26.0 Å². The summed E-state index contributed by atoms with van der Waals surface area (Å²) in [4.78, 5) is 14.2. The average molecular weight is 355 g/mol. The molecule has 1 fully saturated rings. The summed E-state index contributed by atoms with van der Waals surface area (Å²) in [5.74, 6) is 0.910. The number of carbonyl (C=O) groups is 1. The van der Waals surface area contributed by atoms with Crippen molar-refractivity contribution in [3.8, 4) is 5.75 Å². The maximum atomic E-state index is 12.3. The number of rotatable bonds is 4. The fourth-order valence-corrected chi connectivity index (χ4v) is 2.95. The van der Waals surface area contributed by atoms with E-state index in [4.69, 9.17) is 10.5 Å². The predicted molar refractivity (Wildman–Crippen MR) is 87.2 cm³/mol. The second-order valence-electron chi connectivity index (χ2n) is 6.23. The molecular formula is C16H23BrN2O2. The summed E-state index contributed by atoms with van der Waals surface area (Å²) in [5, 5.41) is 0. The summed E-state index contributed by atoms with van der Waals surface area (Å²) in [6, 6.07) is 7.82. The van der Waals surface area contributed by atoms with Gasteiger partial charge in [0.1, 0.15) is 5.75 Å². The Balaban J connectivity index is 1.81. The summed E-state index contributed by atoms with van der Waals surface area (Å²) >= 11 is 3.43. The van der Waals surface area contributed by atoms with Crippen molar-refractivity contribution < 1.29 is 9.53 Å². The number of hydrogen-bond acceptors (Lipinski definition) is 3. The number of carbonyl (C=O) groups excluding carboxylic acids is 1. The summed E-state index contributed by atoms with van der Waals surface area (Å²) in [7, 11) is 0. The number of benzene rings is 1. The van der Waals surface area contributed by atoms with Crippen LogP contribution in [0.25, 0.3) is 0 Å². The van der Waals surface area contributed by atoms with Gasteiger partial charge >= 0.3 is 0 Å². The number of nitrogens with two attached hydrogens (primary N) is 1. The predicted octanol–water partition coefficient (Wildman–Crippen LogP) is 2.80. The van der Waals surface area contributed by atoms with Gasteiger partial charge in [0.25, 0.3) is 0 Å². The molecule has 1 aliphatic rings. The first-order chi connectivity index (χ1) is 9.90. The molecule has 1 heterocycles. The number of piperidine rings is 1. The molecule has 0 aliphatic carbocycles. The lowest BCUT2D eigenvalue weighted by Crippen LogP contribution is -2.54. The molecule has 1 unspecified atom stereocenters. The van der Waals surface area contributed by atoms with Crippen molar-refractivity contribution in [3.05, 3.63) is 28.7 Å². The number of ether oxygens (including phenoxy) is 1. The van der Waals surface area contributed by atoms with E-state index in [1.54, 1.807) is 0 Å². The topological polar surface area (TPSA) is 55.6 Å². The van der Waals surface area contributed by atoms with Gasteiger partial charge in [0.05, 0.1) is 17.5 Å². The molecule has 1 amide bonds. The summed E-state index contributed by atoms with van der Waals surface area (Å²) < 4.78 is 6.56. The number of para-hydroxylation sites is 1. The van der Waals surface area contributed by atoms with Gasteiger partial charge in [0.2, 0.25) is 5.91 Å². The molecule has 1 atom stereocenters. The van der Waals surface area contributed by atoms with Crippen molar-refractivity contribution in [2.24, 2.45) is 11.1 Å². The van der Waals surface area contributed by atoms with Gasteiger partial charge < -0.3 is 15.4 Å². The van der Waals surface area contributed by atoms with Crippen LogP contribution in [0.2, 0.25) is 0 Å². The Bertz CT molecular complexity index is 505. The lowest BCUT2D eigenvalue weighted by molar-refractivity contribution is -0.135. The standard InChI is InChI=1S/C16H23BrN2O2/c1-16(2)11-19(9-7-14(16)18)15(20)8-10-21-13-6-4-3-5-12(13)17/h3-6,14H,7-11,18H2,1-2H3. The first-order valence-corrected chi connectivity index (χ1v) is 8.10. The van der Waals surface area contributed by atoms with Crippen molar-refractivity contribution in [1.29, 1.82) is 0 Å². The molecule has 1 saturated heterocycles. The van der Waals surface area contributed by atoms with E-state index >= 15 is 0 Å². The normalized spacial score (nSPS) is 21.1. The van der Waals surface area contributed by atoms with Gasteiger partial charge in [-0.2, -0.15) is 0 Å². The first-order valence-electron chi connectivity index (χ1n) is 7.31. The fraction of sp³-hybridized carbons (Fsp3) is 0.562. The molecule has 5 heteroatoms. The minimum absolute atomic E-state index is 0.0166. The van der Waals surface area contributed by atoms with Crippen LogP contribution in [0, 0.1) is 5.41 Å². The van der Waals surface area contributed by atoms with Crippen molar-refractivity contribution in [2.75, 3.05) is 19.7 Å². The highest BCUT2D eigenvalue weighted by Crippen LogP contribution is 2.28. The van der Waals surface area contributed by atoms with Gasteiger partial charge in [-0.15, -0.1) is 0 Å². The molecule has 0 saturated carbocycles. The van der Waals surface area contributed by atoms with Crippen molar-refractivity contribution in [3.63, 3.8) is 0 Å². The molecule has 0 aromatic heterocycles. The van der Waals surface area contributed by atoms with Crippen LogP contribution in [-0.4, -0.2) is 36.5 Å². The van der Waals surface area contributed by atoms with Crippen LogP contribution in [-0.2, 0) is 4.79 Å². The second kappa shape index (κ2) is 6.79. The summed E-state index contributed by atoms with van der Waals surface area (Å²) in [6.07, 6.45) is 1.26. The molecule has 2 N–H and O–H groups in total. The lowest BCUT2D eigenvalue weighted by Gasteiger charge is -2.42. The SMILES string of the molecule is CC1(C)CN(C(=O)CCOc2ccccc2Br)CCC1N. The second-order valence-corrected chi connectivity index (χ2v) is 7.08. The molecule has 1 aromatic carbocycles. The smallest absolute Gasteiger partial charge is 0.226 e. The third-order valence-electron chi connectivity index (χ3n) is 4.08. The molecule has 21 heavy (non-hydrogen) atoms. The van der Waals surface area contributed by atoms with E-state index in [1.165, 1.54) is 0 Å². The lowest BCUT2D eigenvalue weighted by atomic mass is 9.79. The molecule has 1 aromatic rings. The van der Waals surface area contributed by atoms with Crippen LogP contribution < -0.4 is 10.5 Å². The number of nitrogens with zero attached hydrogens (tertiary/aromatic N) is 1. The molecule has 0 bridgehead atoms. The summed E-state index contributed by atoms with van der Waals surface area (Å²) in [6.45, 7) is 6.11. The molecule has 116 valence electrons. The molecule has 1 aliphatic heterocycles. The Morgan fingerprint density at radius 2 is 2.19 bits per heavy atom. The fourth-order valence-electron chi connectivity index (χ4n) is 2.55. The number of likely N-dealkylation sites (tertiary alicyclic amines) is 1. The van der Waals surface area contributed by atoms with Crippen LogP contribution in [0.3, 0.4) is 0 Å². The summed E-state index contributed by atoms with van der Waals surface area (Å²) in [5.41, 5.74) is 6.08. The number of hydrogen-bond donors (Lipinski definition) is 1. The molecule has 0 spiro atoms. The van der Waals surface area contributed by atoms with Crippen LogP contribution in [0.1, 0.15) is 26.7 Å². The monoisotopic (exact) mass is 354 g/mol. The molecule has 4 nitrogen and oxygen atoms in total. The van der Waals surface area contributed by atoms with E-state index in [-0.39, 0.29) is 17.4 Å². The third kappa shape index (κ3) is 4.20. The maximum absolute atomic E-state index is 12.3. The highest BCUT2D eigenvalue weighted by molar-refractivity contribution is 9.10. The largest absolute Gasteiger partial charge is 0.492 e. The van der Waals surface area contributed by atoms with Gasteiger partial charge in [0.15, 0.2) is 0 Å². The zero-order valence-electron chi connectivity index (χ0n) is 12.6. The van der Waals surface area contributed by atoms with E-state index in [9.17, 15) is 4.79 Å². The minimum atomic E-state index is -0.0166. The molecule has 0 radical (unpaired) electrons.